The van der Waals surface area contributed by atoms with E-state index in [0.717, 1.165) is 10.2 Å². The molecule has 0 aliphatic rings. The average Bonchev–Trinajstić information content (AvgIpc) is 2.57. The number of nitrogens with zero attached hydrogens (tertiary/aromatic N) is 3. The maximum atomic E-state index is 9.12. The van der Waals surface area contributed by atoms with E-state index in [1.165, 1.54) is 0 Å². The van der Waals surface area contributed by atoms with Crippen LogP contribution in [0.15, 0.2) is 22.7 Å². The fraction of sp³-hybridized carbons (Fsp3) is 0.167. The lowest BCUT2D eigenvalue weighted by molar-refractivity contribution is 0.765. The Labute approximate surface area is 118 Å². The van der Waals surface area contributed by atoms with E-state index in [9.17, 15) is 0 Å². The first-order chi connectivity index (χ1) is 8.52. The van der Waals surface area contributed by atoms with Crippen LogP contribution in [-0.2, 0) is 7.05 Å². The molecular formula is C12H10BrClN4. The van der Waals surface area contributed by atoms with Crippen molar-refractivity contribution >= 4 is 39.0 Å². The fourth-order valence-electron chi connectivity index (χ4n) is 1.65. The fourth-order valence-corrected chi connectivity index (χ4v) is 2.37. The third kappa shape index (κ3) is 2.35. The van der Waals surface area contributed by atoms with Gasteiger partial charge in [0.25, 0.3) is 0 Å². The lowest BCUT2D eigenvalue weighted by atomic mass is 10.2. The van der Waals surface area contributed by atoms with Crippen LogP contribution in [0.4, 0.5) is 11.5 Å². The number of hydrogen-bond donors (Lipinski definition) is 1. The molecule has 1 aromatic heterocycles. The van der Waals surface area contributed by atoms with E-state index in [4.69, 9.17) is 16.9 Å². The van der Waals surface area contributed by atoms with Gasteiger partial charge >= 0.3 is 0 Å². The van der Waals surface area contributed by atoms with E-state index in [0.29, 0.717) is 22.1 Å². The molecule has 0 aliphatic heterocycles. The van der Waals surface area contributed by atoms with Gasteiger partial charge in [-0.3, -0.25) is 4.68 Å². The normalized spacial score (nSPS) is 10.2. The number of nitriles is 1. The summed E-state index contributed by atoms with van der Waals surface area (Å²) in [6.07, 6.45) is 0. The van der Waals surface area contributed by atoms with Gasteiger partial charge in [-0.05, 0) is 25.1 Å². The molecule has 0 atom stereocenters. The Morgan fingerprint density at radius 2 is 2.22 bits per heavy atom. The van der Waals surface area contributed by atoms with Crippen molar-refractivity contribution in [2.24, 2.45) is 7.05 Å². The van der Waals surface area contributed by atoms with Crippen LogP contribution in [0.3, 0.4) is 0 Å². The predicted octanol–water partition coefficient (Wildman–Crippen LogP) is 3.76. The van der Waals surface area contributed by atoms with E-state index in [-0.39, 0.29) is 0 Å². The molecule has 0 radical (unpaired) electrons. The quantitative estimate of drug-likeness (QED) is 0.914. The van der Waals surface area contributed by atoms with Crippen LogP contribution in [0.5, 0.6) is 0 Å². The molecule has 1 aromatic carbocycles. The minimum atomic E-state index is 0.525. The van der Waals surface area contributed by atoms with Gasteiger partial charge in [-0.15, -0.1) is 0 Å². The molecule has 0 saturated carbocycles. The molecule has 0 spiro atoms. The standard InChI is InChI=1S/C12H10BrClN4/c1-7-9(6-15)12(18(2)17-7)16-11-4-3-8(13)5-10(11)14/h3-5,16H,1-2H3. The molecule has 18 heavy (non-hydrogen) atoms. The number of halogens is 2. The second kappa shape index (κ2) is 5.01. The van der Waals surface area contributed by atoms with E-state index in [1.807, 2.05) is 12.1 Å². The Morgan fingerprint density at radius 1 is 1.50 bits per heavy atom. The molecule has 1 N–H and O–H groups in total. The van der Waals surface area contributed by atoms with E-state index >= 15 is 0 Å². The van der Waals surface area contributed by atoms with E-state index in [2.05, 4.69) is 32.4 Å². The molecule has 2 rings (SSSR count). The van der Waals surface area contributed by atoms with Crippen LogP contribution in [0.1, 0.15) is 11.3 Å². The molecule has 0 fully saturated rings. The second-order valence-corrected chi connectivity index (χ2v) is 5.12. The molecular weight excluding hydrogens is 316 g/mol. The molecule has 92 valence electrons. The van der Waals surface area contributed by atoms with Crippen molar-refractivity contribution in [3.05, 3.63) is 39.0 Å². The molecule has 4 nitrogen and oxygen atoms in total. The third-order valence-corrected chi connectivity index (χ3v) is 3.32. The maximum Gasteiger partial charge on any atom is 0.146 e. The number of hydrogen-bond acceptors (Lipinski definition) is 3. The molecule has 0 aliphatic carbocycles. The van der Waals surface area contributed by atoms with Crippen molar-refractivity contribution in [2.45, 2.75) is 6.92 Å². The molecule has 6 heteroatoms. The zero-order chi connectivity index (χ0) is 13.3. The predicted molar refractivity (Wildman–Crippen MR) is 75.1 cm³/mol. The zero-order valence-electron chi connectivity index (χ0n) is 9.83. The highest BCUT2D eigenvalue weighted by Crippen LogP contribution is 2.30. The van der Waals surface area contributed by atoms with Gasteiger partial charge in [-0.2, -0.15) is 10.4 Å². The summed E-state index contributed by atoms with van der Waals surface area (Å²) < 4.78 is 2.53. The van der Waals surface area contributed by atoms with E-state index < -0.39 is 0 Å². The lowest BCUT2D eigenvalue weighted by Gasteiger charge is -2.09. The minimum absolute atomic E-state index is 0.525. The Hall–Kier alpha value is -1.51. The number of benzene rings is 1. The highest BCUT2D eigenvalue weighted by molar-refractivity contribution is 9.10. The van der Waals surface area contributed by atoms with E-state index in [1.54, 1.807) is 24.7 Å². The number of aryl methyl sites for hydroxylation is 2. The smallest absolute Gasteiger partial charge is 0.146 e. The molecule has 0 amide bonds. The van der Waals surface area contributed by atoms with Crippen molar-refractivity contribution in [1.82, 2.24) is 9.78 Å². The Morgan fingerprint density at radius 3 is 2.83 bits per heavy atom. The molecule has 2 aromatic rings. The monoisotopic (exact) mass is 324 g/mol. The third-order valence-electron chi connectivity index (χ3n) is 2.52. The van der Waals surface area contributed by atoms with Crippen molar-refractivity contribution < 1.29 is 0 Å². The van der Waals surface area contributed by atoms with Gasteiger partial charge in [0.2, 0.25) is 0 Å². The van der Waals surface area contributed by atoms with Gasteiger partial charge in [0.15, 0.2) is 0 Å². The average molecular weight is 326 g/mol. The van der Waals surface area contributed by atoms with Crippen LogP contribution in [-0.4, -0.2) is 9.78 Å². The molecule has 0 bridgehead atoms. The molecule has 0 saturated heterocycles. The van der Waals surface area contributed by atoms with Crippen molar-refractivity contribution in [1.29, 1.82) is 5.26 Å². The summed E-state index contributed by atoms with van der Waals surface area (Å²) >= 11 is 9.48. The molecule has 1 heterocycles. The second-order valence-electron chi connectivity index (χ2n) is 3.79. The summed E-state index contributed by atoms with van der Waals surface area (Å²) in [5.41, 5.74) is 1.95. The van der Waals surface area contributed by atoms with Gasteiger partial charge < -0.3 is 5.32 Å². The van der Waals surface area contributed by atoms with Gasteiger partial charge in [0, 0.05) is 11.5 Å². The first-order valence-electron chi connectivity index (χ1n) is 5.18. The largest absolute Gasteiger partial charge is 0.338 e. The Bertz CT molecular complexity index is 642. The Kier molecular flexibility index (Phi) is 3.60. The van der Waals surface area contributed by atoms with Gasteiger partial charge in [0.1, 0.15) is 17.5 Å². The lowest BCUT2D eigenvalue weighted by Crippen LogP contribution is -2.00. The summed E-state index contributed by atoms with van der Waals surface area (Å²) in [5.74, 6) is 0.638. The van der Waals surface area contributed by atoms with Crippen molar-refractivity contribution in [2.75, 3.05) is 5.32 Å². The number of anilines is 2. The summed E-state index contributed by atoms with van der Waals surface area (Å²) in [6, 6.07) is 7.65. The highest BCUT2D eigenvalue weighted by atomic mass is 79.9. The number of aromatic nitrogens is 2. The van der Waals surface area contributed by atoms with Crippen LogP contribution in [0, 0.1) is 18.3 Å². The summed E-state index contributed by atoms with van der Waals surface area (Å²) in [6.45, 7) is 1.80. The van der Waals surface area contributed by atoms with Gasteiger partial charge in [0.05, 0.1) is 16.4 Å². The summed E-state index contributed by atoms with van der Waals surface area (Å²) in [7, 11) is 1.78. The number of nitrogens with one attached hydrogen (secondary N) is 1. The SMILES string of the molecule is Cc1nn(C)c(Nc2ccc(Br)cc2Cl)c1C#N. The number of rotatable bonds is 2. The van der Waals surface area contributed by atoms with Gasteiger partial charge in [-0.1, -0.05) is 27.5 Å². The molecule has 0 unspecified atom stereocenters. The van der Waals surface area contributed by atoms with Crippen molar-refractivity contribution in [3.8, 4) is 6.07 Å². The minimum Gasteiger partial charge on any atom is -0.338 e. The summed E-state index contributed by atoms with van der Waals surface area (Å²) in [4.78, 5) is 0. The highest BCUT2D eigenvalue weighted by Gasteiger charge is 2.13. The first kappa shape index (κ1) is 12.9. The van der Waals surface area contributed by atoms with Gasteiger partial charge in [-0.25, -0.2) is 0 Å². The van der Waals surface area contributed by atoms with Crippen LogP contribution in [0.2, 0.25) is 5.02 Å². The first-order valence-corrected chi connectivity index (χ1v) is 6.35. The maximum absolute atomic E-state index is 9.12. The van der Waals surface area contributed by atoms with Crippen LogP contribution < -0.4 is 5.32 Å². The summed E-state index contributed by atoms with van der Waals surface area (Å²) in [5, 5.41) is 17.0. The van der Waals surface area contributed by atoms with Crippen LogP contribution >= 0.6 is 27.5 Å². The van der Waals surface area contributed by atoms with Crippen molar-refractivity contribution in [3.63, 3.8) is 0 Å². The van der Waals surface area contributed by atoms with Crippen LogP contribution in [0.25, 0.3) is 0 Å². The zero-order valence-corrected chi connectivity index (χ0v) is 12.2. The topological polar surface area (TPSA) is 53.6 Å². The Balaban J connectivity index is 2.43.